The number of alkyl halides is 3. The maximum absolute atomic E-state index is 12.9. The molecule has 0 atom stereocenters. The summed E-state index contributed by atoms with van der Waals surface area (Å²) in [4.78, 5) is 12.3. The molecule has 0 unspecified atom stereocenters. The van der Waals surface area contributed by atoms with Crippen molar-refractivity contribution in [3.63, 3.8) is 0 Å². The smallest absolute Gasteiger partial charge is 0.416 e. The molecular formula is C22H16ClF3N4O2. The fourth-order valence-electron chi connectivity index (χ4n) is 3.00. The number of nitrogens with zero attached hydrogens (tertiary/aromatic N) is 1. The Hall–Kier alpha value is -3.72. The summed E-state index contributed by atoms with van der Waals surface area (Å²) in [6.45, 7) is 0.252. The molecule has 3 N–H and O–H groups in total. The molecule has 10 heteroatoms. The second kappa shape index (κ2) is 8.80. The number of hydrogen-bond donors (Lipinski definition) is 3. The molecule has 1 aromatic heterocycles. The van der Waals surface area contributed by atoms with E-state index in [1.807, 2.05) is 18.2 Å². The van der Waals surface area contributed by atoms with Crippen LogP contribution in [0.3, 0.4) is 0 Å². The van der Waals surface area contributed by atoms with Crippen LogP contribution >= 0.6 is 11.6 Å². The van der Waals surface area contributed by atoms with Gasteiger partial charge in [0.25, 0.3) is 0 Å². The summed E-state index contributed by atoms with van der Waals surface area (Å²) in [5.74, 6) is 0.729. The fourth-order valence-corrected chi connectivity index (χ4v) is 3.19. The van der Waals surface area contributed by atoms with Crippen molar-refractivity contribution < 1.29 is 22.7 Å². The van der Waals surface area contributed by atoms with Gasteiger partial charge in [-0.25, -0.2) is 4.79 Å². The first kappa shape index (κ1) is 21.5. The van der Waals surface area contributed by atoms with Crippen LogP contribution in [0.5, 0.6) is 5.75 Å². The molecule has 0 bridgehead atoms. The number of carbonyl (C=O) groups is 1. The first-order valence-corrected chi connectivity index (χ1v) is 9.77. The van der Waals surface area contributed by atoms with Gasteiger partial charge in [0.05, 0.1) is 11.1 Å². The summed E-state index contributed by atoms with van der Waals surface area (Å²) in [7, 11) is 0. The van der Waals surface area contributed by atoms with E-state index in [9.17, 15) is 18.0 Å². The highest BCUT2D eigenvalue weighted by molar-refractivity contribution is 6.31. The van der Waals surface area contributed by atoms with Crippen LogP contribution in [-0.2, 0) is 12.8 Å². The Morgan fingerprint density at radius 3 is 2.62 bits per heavy atom. The molecule has 2 amide bonds. The number of benzene rings is 3. The van der Waals surface area contributed by atoms with Crippen molar-refractivity contribution in [2.75, 3.05) is 10.6 Å². The maximum Gasteiger partial charge on any atom is 0.416 e. The van der Waals surface area contributed by atoms with Crippen molar-refractivity contribution >= 4 is 40.0 Å². The van der Waals surface area contributed by atoms with Crippen molar-refractivity contribution in [2.45, 2.75) is 12.8 Å². The molecule has 164 valence electrons. The average Bonchev–Trinajstić information content (AvgIpc) is 3.14. The number of anilines is 2. The van der Waals surface area contributed by atoms with Gasteiger partial charge in [0.1, 0.15) is 12.4 Å². The number of nitrogens with one attached hydrogen (secondary N) is 3. The highest BCUT2D eigenvalue weighted by atomic mass is 35.5. The van der Waals surface area contributed by atoms with Crippen LogP contribution in [-0.4, -0.2) is 16.2 Å². The Balaban J connectivity index is 1.47. The molecule has 1 heterocycles. The molecule has 6 nitrogen and oxygen atoms in total. The predicted octanol–water partition coefficient (Wildman–Crippen LogP) is 6.46. The molecule has 4 rings (SSSR count). The number of rotatable bonds is 5. The molecule has 0 aliphatic carbocycles. The van der Waals surface area contributed by atoms with Crippen LogP contribution in [0.2, 0.25) is 5.02 Å². The third-order valence-electron chi connectivity index (χ3n) is 4.57. The lowest BCUT2D eigenvalue weighted by atomic mass is 10.2. The monoisotopic (exact) mass is 460 g/mol. The number of carbonyl (C=O) groups excluding carboxylic acids is 1. The third-order valence-corrected chi connectivity index (χ3v) is 4.93. The van der Waals surface area contributed by atoms with E-state index in [1.54, 1.807) is 24.3 Å². The lowest BCUT2D eigenvalue weighted by Gasteiger charge is -2.10. The lowest BCUT2D eigenvalue weighted by Crippen LogP contribution is -2.20. The number of urea groups is 1. The number of fused-ring (bicyclic) bond motifs is 1. The predicted molar refractivity (Wildman–Crippen MR) is 116 cm³/mol. The van der Waals surface area contributed by atoms with Gasteiger partial charge in [-0.3, -0.25) is 10.4 Å². The molecular weight excluding hydrogens is 445 g/mol. The molecule has 32 heavy (non-hydrogen) atoms. The molecule has 0 radical (unpaired) electrons. The molecule has 0 spiro atoms. The Morgan fingerprint density at radius 2 is 1.84 bits per heavy atom. The standard InChI is InChI=1S/C22H16ClF3N4O2/c23-18-7-2-1-4-13(18)12-32-16-8-9-19-17(11-16)20(30-29-19)28-21(31)27-15-6-3-5-14(10-15)22(24,25)26/h1-11H,12H2,(H3,27,28,29,30,31). The SMILES string of the molecule is O=C(Nc1cccc(C(F)(F)F)c1)Nc1n[nH]c2ccc(OCc3ccccc3Cl)cc12. The molecule has 4 aromatic rings. The van der Waals surface area contributed by atoms with E-state index in [-0.39, 0.29) is 18.1 Å². The number of aromatic nitrogens is 2. The Kier molecular flexibility index (Phi) is 5.91. The van der Waals surface area contributed by atoms with Crippen LogP contribution in [0.15, 0.2) is 66.7 Å². The summed E-state index contributed by atoms with van der Waals surface area (Å²) in [6.07, 6.45) is -4.51. The van der Waals surface area contributed by atoms with Crippen molar-refractivity contribution in [1.82, 2.24) is 10.2 Å². The minimum Gasteiger partial charge on any atom is -0.489 e. The number of halogens is 4. The lowest BCUT2D eigenvalue weighted by molar-refractivity contribution is -0.137. The summed E-state index contributed by atoms with van der Waals surface area (Å²) in [5, 5.41) is 12.9. The third kappa shape index (κ3) is 4.94. The average molecular weight is 461 g/mol. The van der Waals surface area contributed by atoms with Crippen LogP contribution in [0.4, 0.5) is 29.5 Å². The van der Waals surface area contributed by atoms with Crippen molar-refractivity contribution in [2.24, 2.45) is 0 Å². The highest BCUT2D eigenvalue weighted by Crippen LogP contribution is 2.31. The Morgan fingerprint density at radius 1 is 1.03 bits per heavy atom. The second-order valence-corrected chi connectivity index (χ2v) is 7.22. The van der Waals surface area contributed by atoms with Crippen molar-refractivity contribution in [3.8, 4) is 5.75 Å². The molecule has 3 aromatic carbocycles. The first-order valence-electron chi connectivity index (χ1n) is 9.39. The van der Waals surface area contributed by atoms with Gasteiger partial charge in [0, 0.05) is 21.7 Å². The Bertz CT molecular complexity index is 1270. The second-order valence-electron chi connectivity index (χ2n) is 6.82. The van der Waals surface area contributed by atoms with Crippen LogP contribution in [0.1, 0.15) is 11.1 Å². The van der Waals surface area contributed by atoms with Gasteiger partial charge >= 0.3 is 12.2 Å². The maximum atomic E-state index is 12.9. The summed E-state index contributed by atoms with van der Waals surface area (Å²) >= 11 is 6.14. The zero-order chi connectivity index (χ0) is 22.7. The van der Waals surface area contributed by atoms with E-state index in [1.165, 1.54) is 12.1 Å². The van der Waals surface area contributed by atoms with Crippen LogP contribution in [0, 0.1) is 0 Å². The number of amides is 2. The van der Waals surface area contributed by atoms with E-state index in [0.29, 0.717) is 21.7 Å². The van der Waals surface area contributed by atoms with Gasteiger partial charge in [-0.05, 0) is 42.5 Å². The summed E-state index contributed by atoms with van der Waals surface area (Å²) in [6, 6.07) is 16.1. The normalized spacial score (nSPS) is 11.4. The van der Waals surface area contributed by atoms with Crippen molar-refractivity contribution in [1.29, 1.82) is 0 Å². The van der Waals surface area contributed by atoms with Gasteiger partial charge in [0.15, 0.2) is 5.82 Å². The number of hydrogen-bond acceptors (Lipinski definition) is 3. The van der Waals surface area contributed by atoms with E-state index in [2.05, 4.69) is 20.8 Å². The molecule has 0 aliphatic heterocycles. The van der Waals surface area contributed by atoms with E-state index < -0.39 is 17.8 Å². The number of H-pyrrole nitrogens is 1. The zero-order valence-corrected chi connectivity index (χ0v) is 17.1. The molecule has 0 saturated heterocycles. The topological polar surface area (TPSA) is 79.0 Å². The summed E-state index contributed by atoms with van der Waals surface area (Å²) < 4.78 is 44.4. The van der Waals surface area contributed by atoms with E-state index in [0.717, 1.165) is 17.7 Å². The minimum atomic E-state index is -4.51. The van der Waals surface area contributed by atoms with Gasteiger partial charge in [-0.2, -0.15) is 18.3 Å². The van der Waals surface area contributed by atoms with Gasteiger partial charge < -0.3 is 10.1 Å². The summed E-state index contributed by atoms with van der Waals surface area (Å²) in [5.41, 5.74) is 0.603. The minimum absolute atomic E-state index is 0.000860. The van der Waals surface area contributed by atoms with Gasteiger partial charge in [-0.1, -0.05) is 35.9 Å². The van der Waals surface area contributed by atoms with Gasteiger partial charge in [-0.15, -0.1) is 0 Å². The van der Waals surface area contributed by atoms with E-state index >= 15 is 0 Å². The first-order chi connectivity index (χ1) is 15.3. The molecule has 0 aliphatic rings. The van der Waals surface area contributed by atoms with E-state index in [4.69, 9.17) is 16.3 Å². The van der Waals surface area contributed by atoms with Gasteiger partial charge in [0.2, 0.25) is 0 Å². The Labute approximate surface area is 185 Å². The quantitative estimate of drug-likeness (QED) is 0.320. The fraction of sp³-hybridized carbons (Fsp3) is 0.0909. The highest BCUT2D eigenvalue weighted by Gasteiger charge is 2.30. The molecule has 0 fully saturated rings. The van der Waals surface area contributed by atoms with Crippen LogP contribution < -0.4 is 15.4 Å². The number of aromatic amines is 1. The zero-order valence-electron chi connectivity index (χ0n) is 16.3. The van der Waals surface area contributed by atoms with Crippen molar-refractivity contribution in [3.05, 3.63) is 82.9 Å². The largest absolute Gasteiger partial charge is 0.489 e. The molecule has 0 saturated carbocycles. The number of ether oxygens (including phenoxy) is 1. The van der Waals surface area contributed by atoms with Crippen LogP contribution in [0.25, 0.3) is 10.9 Å².